The molecule has 0 aliphatic rings. The molecular weight excluding hydrogens is 236 g/mol. The van der Waals surface area contributed by atoms with Crippen LogP contribution in [0.1, 0.15) is 27.0 Å². The Morgan fingerprint density at radius 2 is 1.95 bits per heavy atom. The lowest BCUT2D eigenvalue weighted by Gasteiger charge is -2.09. The van der Waals surface area contributed by atoms with E-state index in [0.717, 1.165) is 18.5 Å². The molecule has 2 rings (SSSR count). The molecule has 0 aliphatic heterocycles. The van der Waals surface area contributed by atoms with Gasteiger partial charge in [0.05, 0.1) is 6.61 Å². The molecule has 0 amide bonds. The maximum absolute atomic E-state index is 10.7. The van der Waals surface area contributed by atoms with Crippen molar-refractivity contribution in [3.05, 3.63) is 64.7 Å². The number of rotatable bonds is 5. The van der Waals surface area contributed by atoms with Gasteiger partial charge in [-0.15, -0.1) is 0 Å². The lowest BCUT2D eigenvalue weighted by atomic mass is 10.0. The summed E-state index contributed by atoms with van der Waals surface area (Å²) in [5.74, 6) is 0.745. The van der Waals surface area contributed by atoms with Gasteiger partial charge in [-0.3, -0.25) is 4.79 Å². The van der Waals surface area contributed by atoms with Crippen molar-refractivity contribution in [1.82, 2.24) is 0 Å². The molecule has 0 atom stereocenters. The third-order valence-electron chi connectivity index (χ3n) is 3.14. The van der Waals surface area contributed by atoms with Crippen molar-refractivity contribution in [2.24, 2.45) is 0 Å². The quantitative estimate of drug-likeness (QED) is 0.760. The molecule has 19 heavy (non-hydrogen) atoms. The van der Waals surface area contributed by atoms with E-state index in [-0.39, 0.29) is 0 Å². The van der Waals surface area contributed by atoms with Gasteiger partial charge < -0.3 is 4.74 Å². The summed E-state index contributed by atoms with van der Waals surface area (Å²) in [6.07, 6.45) is 1.70. The van der Waals surface area contributed by atoms with Gasteiger partial charge in [0.25, 0.3) is 0 Å². The van der Waals surface area contributed by atoms with Crippen molar-refractivity contribution < 1.29 is 9.53 Å². The Morgan fingerprint density at radius 3 is 2.74 bits per heavy atom. The highest BCUT2D eigenvalue weighted by atomic mass is 16.5. The molecule has 0 spiro atoms. The summed E-state index contributed by atoms with van der Waals surface area (Å²) in [7, 11) is 0. The van der Waals surface area contributed by atoms with Crippen LogP contribution < -0.4 is 4.74 Å². The van der Waals surface area contributed by atoms with E-state index in [1.54, 1.807) is 12.1 Å². The molecule has 0 radical (unpaired) electrons. The zero-order valence-electron chi connectivity index (χ0n) is 11.3. The second-order valence-corrected chi connectivity index (χ2v) is 4.72. The van der Waals surface area contributed by atoms with Crippen LogP contribution in [-0.4, -0.2) is 12.9 Å². The maximum Gasteiger partial charge on any atom is 0.150 e. The fourth-order valence-corrected chi connectivity index (χ4v) is 2.03. The first kappa shape index (κ1) is 13.3. The molecule has 0 unspecified atom stereocenters. The zero-order chi connectivity index (χ0) is 13.7. The number of aryl methyl sites for hydroxylation is 2. The Hall–Kier alpha value is -2.09. The van der Waals surface area contributed by atoms with E-state index >= 15 is 0 Å². The minimum Gasteiger partial charge on any atom is -0.493 e. The maximum atomic E-state index is 10.7. The average Bonchev–Trinajstić information content (AvgIpc) is 2.43. The van der Waals surface area contributed by atoms with Crippen molar-refractivity contribution in [1.29, 1.82) is 0 Å². The number of carbonyl (C=O) groups excluding carboxylic acids is 1. The summed E-state index contributed by atoms with van der Waals surface area (Å²) in [5.41, 5.74) is 4.51. The molecule has 0 aliphatic carbocycles. The largest absolute Gasteiger partial charge is 0.493 e. The van der Waals surface area contributed by atoms with E-state index < -0.39 is 0 Å². The van der Waals surface area contributed by atoms with Gasteiger partial charge in [0.2, 0.25) is 0 Å². The topological polar surface area (TPSA) is 26.3 Å². The van der Waals surface area contributed by atoms with Crippen LogP contribution in [0.3, 0.4) is 0 Å². The second kappa shape index (κ2) is 6.19. The molecule has 0 fully saturated rings. The van der Waals surface area contributed by atoms with Gasteiger partial charge in [-0.1, -0.05) is 35.9 Å². The predicted molar refractivity (Wildman–Crippen MR) is 76.9 cm³/mol. The van der Waals surface area contributed by atoms with E-state index in [1.165, 1.54) is 16.7 Å². The molecule has 0 aromatic heterocycles. The van der Waals surface area contributed by atoms with Crippen molar-refractivity contribution in [3.63, 3.8) is 0 Å². The van der Waals surface area contributed by atoms with Crippen LogP contribution in [0, 0.1) is 13.8 Å². The first-order valence-corrected chi connectivity index (χ1v) is 6.43. The Bertz CT molecular complexity index is 573. The van der Waals surface area contributed by atoms with Gasteiger partial charge in [-0.2, -0.15) is 0 Å². The summed E-state index contributed by atoms with van der Waals surface area (Å²) in [6, 6.07) is 13.7. The highest BCUT2D eigenvalue weighted by molar-refractivity contribution is 5.75. The fourth-order valence-electron chi connectivity index (χ4n) is 2.03. The number of aldehydes is 1. The summed E-state index contributed by atoms with van der Waals surface area (Å²) in [4.78, 5) is 10.7. The number of hydrogen-bond acceptors (Lipinski definition) is 2. The molecule has 2 aromatic rings. The number of ether oxygens (including phenoxy) is 1. The molecule has 2 aromatic carbocycles. The third-order valence-corrected chi connectivity index (χ3v) is 3.14. The molecule has 0 bridgehead atoms. The van der Waals surface area contributed by atoms with Gasteiger partial charge in [-0.25, -0.2) is 0 Å². The Labute approximate surface area is 114 Å². The molecule has 0 saturated heterocycles. The highest BCUT2D eigenvalue weighted by Crippen LogP contribution is 2.14. The van der Waals surface area contributed by atoms with Crippen LogP contribution in [0.4, 0.5) is 0 Å². The van der Waals surface area contributed by atoms with Crippen LogP contribution in [-0.2, 0) is 6.42 Å². The molecule has 98 valence electrons. The van der Waals surface area contributed by atoms with Crippen molar-refractivity contribution in [3.8, 4) is 5.75 Å². The lowest BCUT2D eigenvalue weighted by Crippen LogP contribution is -2.03. The van der Waals surface area contributed by atoms with Gasteiger partial charge >= 0.3 is 0 Å². The molecule has 0 N–H and O–H groups in total. The lowest BCUT2D eigenvalue weighted by molar-refractivity contribution is 0.112. The van der Waals surface area contributed by atoms with E-state index in [1.807, 2.05) is 12.1 Å². The summed E-state index contributed by atoms with van der Waals surface area (Å²) in [5, 5.41) is 0. The highest BCUT2D eigenvalue weighted by Gasteiger charge is 2.00. The molecule has 0 saturated carbocycles. The Morgan fingerprint density at radius 1 is 1.11 bits per heavy atom. The fraction of sp³-hybridized carbons (Fsp3) is 0.235. The zero-order valence-corrected chi connectivity index (χ0v) is 11.3. The number of hydrogen-bond donors (Lipinski definition) is 0. The third kappa shape index (κ3) is 3.68. The van der Waals surface area contributed by atoms with Crippen LogP contribution >= 0.6 is 0 Å². The van der Waals surface area contributed by atoms with E-state index in [4.69, 9.17) is 4.74 Å². The van der Waals surface area contributed by atoms with E-state index in [9.17, 15) is 4.79 Å². The van der Waals surface area contributed by atoms with Crippen LogP contribution in [0.25, 0.3) is 0 Å². The molecule has 2 nitrogen and oxygen atoms in total. The normalized spacial score (nSPS) is 10.2. The van der Waals surface area contributed by atoms with Crippen LogP contribution in [0.5, 0.6) is 5.75 Å². The average molecular weight is 254 g/mol. The smallest absolute Gasteiger partial charge is 0.150 e. The Kier molecular flexibility index (Phi) is 4.35. The first-order valence-electron chi connectivity index (χ1n) is 6.43. The minimum absolute atomic E-state index is 0.618. The van der Waals surface area contributed by atoms with Crippen LogP contribution in [0.15, 0.2) is 42.5 Å². The number of carbonyl (C=O) groups is 1. The molecular formula is C17H18O2. The van der Waals surface area contributed by atoms with E-state index in [0.29, 0.717) is 12.2 Å². The first-order chi connectivity index (χ1) is 9.19. The van der Waals surface area contributed by atoms with Crippen molar-refractivity contribution in [2.75, 3.05) is 6.61 Å². The van der Waals surface area contributed by atoms with E-state index in [2.05, 4.69) is 32.0 Å². The van der Waals surface area contributed by atoms with Gasteiger partial charge in [0, 0.05) is 12.0 Å². The molecule has 2 heteroatoms. The Balaban J connectivity index is 1.96. The summed E-state index contributed by atoms with van der Waals surface area (Å²) < 4.78 is 5.69. The van der Waals surface area contributed by atoms with Gasteiger partial charge in [0.15, 0.2) is 0 Å². The standard InChI is InChI=1S/C17H18O2/c1-13-6-7-14(2)16(10-13)8-9-19-17-5-3-4-15(11-17)12-18/h3-7,10-12H,8-9H2,1-2H3. The van der Waals surface area contributed by atoms with Crippen molar-refractivity contribution in [2.45, 2.75) is 20.3 Å². The summed E-state index contributed by atoms with van der Waals surface area (Å²) in [6.45, 7) is 4.83. The SMILES string of the molecule is Cc1ccc(C)c(CCOc2cccc(C=O)c2)c1. The molecule has 0 heterocycles. The predicted octanol–water partition coefficient (Wildman–Crippen LogP) is 3.74. The monoisotopic (exact) mass is 254 g/mol. The van der Waals surface area contributed by atoms with Gasteiger partial charge in [-0.05, 0) is 37.1 Å². The van der Waals surface area contributed by atoms with Crippen LogP contribution in [0.2, 0.25) is 0 Å². The second-order valence-electron chi connectivity index (χ2n) is 4.72. The number of benzene rings is 2. The van der Waals surface area contributed by atoms with Crippen molar-refractivity contribution >= 4 is 6.29 Å². The summed E-state index contributed by atoms with van der Waals surface area (Å²) >= 11 is 0. The van der Waals surface area contributed by atoms with Gasteiger partial charge in [0.1, 0.15) is 12.0 Å². The minimum atomic E-state index is 0.618.